The van der Waals surface area contributed by atoms with E-state index in [0.717, 1.165) is 19.3 Å². The molecule has 0 aliphatic rings. The van der Waals surface area contributed by atoms with Gasteiger partial charge in [-0.1, -0.05) is 90.9 Å². The maximum Gasteiger partial charge on any atom is 0.307 e. The smallest absolute Gasteiger partial charge is 0.307 e. The van der Waals surface area contributed by atoms with Crippen LogP contribution in [0.4, 0.5) is 0 Å². The van der Waals surface area contributed by atoms with Gasteiger partial charge in [0.15, 0.2) is 6.10 Å². The lowest BCUT2D eigenvalue weighted by molar-refractivity contribution is -0.873. The highest BCUT2D eigenvalue weighted by Crippen LogP contribution is 2.18. The fourth-order valence-corrected chi connectivity index (χ4v) is 3.90. The number of rotatable bonds is 20. The summed E-state index contributed by atoms with van der Waals surface area (Å²) in [6.07, 6.45) is 16.3. The first-order chi connectivity index (χ1) is 14.1. The number of aliphatic carboxylic acids is 1. The molecular formula is C25H50NO4+. The average Bonchev–Trinajstić information content (AvgIpc) is 2.62. The van der Waals surface area contributed by atoms with Crippen LogP contribution in [0.3, 0.4) is 0 Å². The molecule has 0 radical (unpaired) electrons. The minimum atomic E-state index is -0.924. The second-order valence-corrected chi connectivity index (χ2v) is 10.2. The Kier molecular flexibility index (Phi) is 16.9. The summed E-state index contributed by atoms with van der Waals surface area (Å²) in [6, 6.07) is 0. The molecule has 0 spiro atoms. The third kappa shape index (κ3) is 20.2. The molecule has 30 heavy (non-hydrogen) atoms. The Bertz CT molecular complexity index is 445. The van der Waals surface area contributed by atoms with Crippen LogP contribution in [0.15, 0.2) is 0 Å². The average molecular weight is 429 g/mol. The van der Waals surface area contributed by atoms with Crippen molar-refractivity contribution >= 4 is 11.9 Å². The summed E-state index contributed by atoms with van der Waals surface area (Å²) in [5.74, 6) is -0.476. The van der Waals surface area contributed by atoms with Gasteiger partial charge in [-0.2, -0.15) is 0 Å². The van der Waals surface area contributed by atoms with Gasteiger partial charge in [-0.25, -0.2) is 0 Å². The van der Waals surface area contributed by atoms with E-state index >= 15 is 0 Å². The number of unbranched alkanes of at least 4 members (excludes halogenated alkanes) is 9. The van der Waals surface area contributed by atoms with Gasteiger partial charge in [0.2, 0.25) is 0 Å². The molecule has 0 fully saturated rings. The Balaban J connectivity index is 3.76. The van der Waals surface area contributed by atoms with E-state index in [0.29, 0.717) is 23.4 Å². The number of ether oxygens (including phenoxy) is 1. The highest BCUT2D eigenvalue weighted by atomic mass is 16.5. The lowest BCUT2D eigenvalue weighted by atomic mass is 9.96. The summed E-state index contributed by atoms with van der Waals surface area (Å²) >= 11 is 0. The maximum atomic E-state index is 12.1. The van der Waals surface area contributed by atoms with Crippen molar-refractivity contribution in [2.24, 2.45) is 5.92 Å². The summed E-state index contributed by atoms with van der Waals surface area (Å²) in [6.45, 7) is 5.08. The van der Waals surface area contributed by atoms with E-state index in [1.807, 2.05) is 21.1 Å². The molecule has 0 saturated carbocycles. The number of carbonyl (C=O) groups is 2. The van der Waals surface area contributed by atoms with Gasteiger partial charge < -0.3 is 14.3 Å². The number of carboxylic acids is 1. The predicted molar refractivity (Wildman–Crippen MR) is 125 cm³/mol. The Hall–Kier alpha value is -1.10. The van der Waals surface area contributed by atoms with E-state index in [1.54, 1.807) is 0 Å². The van der Waals surface area contributed by atoms with Crippen molar-refractivity contribution < 1.29 is 23.9 Å². The number of nitrogens with zero attached hydrogens (tertiary/aromatic N) is 1. The molecule has 0 rings (SSSR count). The second-order valence-electron chi connectivity index (χ2n) is 10.2. The number of esters is 1. The van der Waals surface area contributed by atoms with Gasteiger partial charge in [0.1, 0.15) is 6.54 Å². The first kappa shape index (κ1) is 28.9. The van der Waals surface area contributed by atoms with Gasteiger partial charge in [-0.3, -0.25) is 9.59 Å². The van der Waals surface area contributed by atoms with Crippen molar-refractivity contribution in [2.75, 3.05) is 27.7 Å². The molecule has 0 aliphatic carbocycles. The van der Waals surface area contributed by atoms with Crippen molar-refractivity contribution in [1.82, 2.24) is 0 Å². The van der Waals surface area contributed by atoms with E-state index < -0.39 is 12.1 Å². The highest BCUT2D eigenvalue weighted by Gasteiger charge is 2.24. The van der Waals surface area contributed by atoms with Crippen molar-refractivity contribution in [1.29, 1.82) is 0 Å². The first-order valence-electron chi connectivity index (χ1n) is 12.4. The molecule has 2 unspecified atom stereocenters. The summed E-state index contributed by atoms with van der Waals surface area (Å²) in [5, 5.41) is 9.03. The maximum absolute atomic E-state index is 12.1. The van der Waals surface area contributed by atoms with Crippen LogP contribution < -0.4 is 0 Å². The van der Waals surface area contributed by atoms with E-state index in [-0.39, 0.29) is 12.4 Å². The summed E-state index contributed by atoms with van der Waals surface area (Å²) in [4.78, 5) is 23.1. The standard InChI is InChI=1S/C25H49NO4/c1-6-7-8-9-10-11-12-13-14-17-22(2)18-15-16-19-25(29)30-23(20-24(27)28)21-26(3,4)5/h22-23H,6-21H2,1-5H3/p+1. The number of likely N-dealkylation sites (N-methyl/N-ethyl adjacent to an activating group) is 1. The Labute approximate surface area is 186 Å². The monoisotopic (exact) mass is 428 g/mol. The SMILES string of the molecule is CCCCCCCCCCCC(C)CCCCC(=O)OC(CC(=O)O)C[N+](C)(C)C. The third-order valence-corrected chi connectivity index (χ3v) is 5.58. The molecule has 0 bridgehead atoms. The molecule has 1 N–H and O–H groups in total. The van der Waals surface area contributed by atoms with Gasteiger partial charge in [0, 0.05) is 6.42 Å². The van der Waals surface area contributed by atoms with Crippen LogP contribution in [0.1, 0.15) is 110 Å². The van der Waals surface area contributed by atoms with Gasteiger partial charge >= 0.3 is 11.9 Å². The van der Waals surface area contributed by atoms with Crippen LogP contribution in [0, 0.1) is 5.92 Å². The highest BCUT2D eigenvalue weighted by molar-refractivity contribution is 5.71. The van der Waals surface area contributed by atoms with Crippen molar-refractivity contribution in [3.8, 4) is 0 Å². The molecule has 0 aromatic carbocycles. The van der Waals surface area contributed by atoms with Crippen LogP contribution in [-0.4, -0.2) is 55.3 Å². The zero-order valence-electron chi connectivity index (χ0n) is 20.6. The summed E-state index contributed by atoms with van der Waals surface area (Å²) in [7, 11) is 5.91. The molecule has 0 aromatic rings. The Morgan fingerprint density at radius 1 is 0.833 bits per heavy atom. The van der Waals surface area contributed by atoms with Crippen molar-refractivity contribution in [2.45, 2.75) is 116 Å². The Morgan fingerprint density at radius 2 is 1.33 bits per heavy atom. The molecule has 5 nitrogen and oxygen atoms in total. The zero-order valence-corrected chi connectivity index (χ0v) is 20.6. The van der Waals surface area contributed by atoms with Gasteiger partial charge in [-0.05, 0) is 12.3 Å². The zero-order chi connectivity index (χ0) is 22.8. The molecule has 0 amide bonds. The van der Waals surface area contributed by atoms with Crippen LogP contribution >= 0.6 is 0 Å². The lowest BCUT2D eigenvalue weighted by Crippen LogP contribution is -2.43. The van der Waals surface area contributed by atoms with E-state index in [4.69, 9.17) is 9.84 Å². The fourth-order valence-electron chi connectivity index (χ4n) is 3.90. The first-order valence-corrected chi connectivity index (χ1v) is 12.4. The quantitative estimate of drug-likeness (QED) is 0.142. The van der Waals surface area contributed by atoms with Crippen LogP contribution in [-0.2, 0) is 14.3 Å². The minimum Gasteiger partial charge on any atom is -0.481 e. The molecule has 2 atom stereocenters. The molecule has 0 saturated heterocycles. The van der Waals surface area contributed by atoms with Crippen molar-refractivity contribution in [3.05, 3.63) is 0 Å². The second kappa shape index (κ2) is 17.6. The summed E-state index contributed by atoms with van der Waals surface area (Å²) < 4.78 is 6.01. The van der Waals surface area contributed by atoms with Gasteiger partial charge in [0.25, 0.3) is 0 Å². The van der Waals surface area contributed by atoms with Crippen LogP contribution in [0.5, 0.6) is 0 Å². The minimum absolute atomic E-state index is 0.128. The van der Waals surface area contributed by atoms with E-state index in [2.05, 4.69) is 13.8 Å². The van der Waals surface area contributed by atoms with E-state index in [9.17, 15) is 9.59 Å². The topological polar surface area (TPSA) is 63.6 Å². The molecule has 0 aromatic heterocycles. The van der Waals surface area contributed by atoms with Crippen molar-refractivity contribution in [3.63, 3.8) is 0 Å². The van der Waals surface area contributed by atoms with E-state index in [1.165, 1.54) is 64.2 Å². The molecule has 0 heterocycles. The largest absolute Gasteiger partial charge is 0.481 e. The number of hydrogen-bond donors (Lipinski definition) is 1. The molecular weight excluding hydrogens is 378 g/mol. The molecule has 0 aliphatic heterocycles. The fraction of sp³-hybridized carbons (Fsp3) is 0.920. The number of quaternary nitrogens is 1. The third-order valence-electron chi connectivity index (χ3n) is 5.58. The van der Waals surface area contributed by atoms with Gasteiger partial charge in [0.05, 0.1) is 27.6 Å². The number of carbonyl (C=O) groups excluding carboxylic acids is 1. The predicted octanol–water partition coefficient (Wildman–Crippen LogP) is 6.20. The lowest BCUT2D eigenvalue weighted by Gasteiger charge is -2.28. The number of carboxylic acid groups (broad SMARTS) is 1. The van der Waals surface area contributed by atoms with Crippen LogP contribution in [0.25, 0.3) is 0 Å². The van der Waals surface area contributed by atoms with Crippen LogP contribution in [0.2, 0.25) is 0 Å². The summed E-state index contributed by atoms with van der Waals surface area (Å²) in [5.41, 5.74) is 0. The normalized spacial score (nSPS) is 13.8. The van der Waals surface area contributed by atoms with Gasteiger partial charge in [-0.15, -0.1) is 0 Å². The number of hydrogen-bond acceptors (Lipinski definition) is 3. The molecule has 178 valence electrons. The Morgan fingerprint density at radius 3 is 1.83 bits per heavy atom. The molecule has 5 heteroatoms.